The van der Waals surface area contributed by atoms with Crippen molar-refractivity contribution in [2.24, 2.45) is 0 Å². The van der Waals surface area contributed by atoms with Crippen LogP contribution in [0.25, 0.3) is 4.85 Å². The van der Waals surface area contributed by atoms with E-state index >= 15 is 0 Å². The predicted octanol–water partition coefficient (Wildman–Crippen LogP) is 1.81. The quantitative estimate of drug-likeness (QED) is 0.287. The summed E-state index contributed by atoms with van der Waals surface area (Å²) in [6.45, 7) is 12.4. The predicted molar refractivity (Wildman–Crippen MR) is 54.2 cm³/mol. The zero-order valence-electron chi connectivity index (χ0n) is 8.25. The molecule has 0 aromatic heterocycles. The average molecular weight is 191 g/mol. The third kappa shape index (κ3) is 2.64. The summed E-state index contributed by atoms with van der Waals surface area (Å²) in [4.78, 5) is 14.8. The summed E-state index contributed by atoms with van der Waals surface area (Å²) >= 11 is 0. The monoisotopic (exact) mass is 191 g/mol. The van der Waals surface area contributed by atoms with Crippen LogP contribution in [0.2, 0.25) is 0 Å². The smallest absolute Gasteiger partial charge is 0.394 e. The molecule has 0 bridgehead atoms. The number of hydrogen-bond donors (Lipinski definition) is 0. The van der Waals surface area contributed by atoms with Crippen LogP contribution in [0.3, 0.4) is 0 Å². The zero-order valence-corrected chi connectivity index (χ0v) is 8.25. The van der Waals surface area contributed by atoms with Gasteiger partial charge in [-0.15, -0.1) is 13.0 Å². The van der Waals surface area contributed by atoms with Crippen molar-refractivity contribution >= 4 is 5.97 Å². The van der Waals surface area contributed by atoms with E-state index in [1.165, 1.54) is 6.08 Å². The number of terminal acetylenes is 1. The van der Waals surface area contributed by atoms with Crippen molar-refractivity contribution in [1.82, 2.24) is 0 Å². The minimum absolute atomic E-state index is 0.0569. The molecule has 0 aliphatic heterocycles. The first-order chi connectivity index (χ1) is 6.66. The molecule has 0 aromatic carbocycles. The molecule has 1 unspecified atom stereocenters. The Morgan fingerprint density at radius 1 is 1.86 bits per heavy atom. The van der Waals surface area contributed by atoms with Gasteiger partial charge in [0, 0.05) is 0 Å². The van der Waals surface area contributed by atoms with E-state index in [4.69, 9.17) is 17.7 Å². The van der Waals surface area contributed by atoms with E-state index in [2.05, 4.69) is 17.3 Å². The molecule has 3 heteroatoms. The van der Waals surface area contributed by atoms with E-state index in [1.807, 2.05) is 0 Å². The van der Waals surface area contributed by atoms with E-state index in [0.717, 1.165) is 0 Å². The first kappa shape index (κ1) is 12.3. The van der Waals surface area contributed by atoms with Crippen molar-refractivity contribution in [2.45, 2.75) is 25.3 Å². The molecule has 1 atom stereocenters. The molecule has 0 amide bonds. The molecule has 0 aliphatic rings. The fourth-order valence-corrected chi connectivity index (χ4v) is 1.03. The number of rotatable bonds is 5. The summed E-state index contributed by atoms with van der Waals surface area (Å²) < 4.78 is 4.81. The van der Waals surface area contributed by atoms with Gasteiger partial charge in [-0.2, -0.15) is 0 Å². The first-order valence-corrected chi connectivity index (χ1v) is 4.27. The van der Waals surface area contributed by atoms with Crippen LogP contribution in [-0.4, -0.2) is 18.1 Å². The van der Waals surface area contributed by atoms with Gasteiger partial charge in [0.1, 0.15) is 0 Å². The van der Waals surface area contributed by atoms with Gasteiger partial charge >= 0.3 is 11.5 Å². The SMILES string of the molecule is [C-]#[N+]C(CC#C)(CC=C)C(=O)OCC. The lowest BCUT2D eigenvalue weighted by atomic mass is 9.92. The lowest BCUT2D eigenvalue weighted by molar-refractivity contribution is -0.147. The van der Waals surface area contributed by atoms with Gasteiger partial charge in [-0.1, -0.05) is 12.0 Å². The summed E-state index contributed by atoms with van der Waals surface area (Å²) in [6, 6.07) is 0. The van der Waals surface area contributed by atoms with Crippen LogP contribution >= 0.6 is 0 Å². The average Bonchev–Trinajstić information content (AvgIpc) is 2.17. The summed E-state index contributed by atoms with van der Waals surface area (Å²) in [5.41, 5.74) is -1.27. The van der Waals surface area contributed by atoms with E-state index in [-0.39, 0.29) is 19.4 Å². The lowest BCUT2D eigenvalue weighted by Gasteiger charge is -2.15. The van der Waals surface area contributed by atoms with Crippen LogP contribution in [0, 0.1) is 18.9 Å². The number of ether oxygens (including phenoxy) is 1. The van der Waals surface area contributed by atoms with Crippen LogP contribution in [-0.2, 0) is 9.53 Å². The van der Waals surface area contributed by atoms with Gasteiger partial charge in [0.25, 0.3) is 0 Å². The van der Waals surface area contributed by atoms with Gasteiger partial charge in [-0.05, 0) is 6.92 Å². The zero-order chi connectivity index (χ0) is 11.0. The highest BCUT2D eigenvalue weighted by Gasteiger charge is 2.45. The van der Waals surface area contributed by atoms with Crippen molar-refractivity contribution in [3.8, 4) is 12.3 Å². The summed E-state index contributed by atoms with van der Waals surface area (Å²) in [6.07, 6.45) is 6.90. The van der Waals surface area contributed by atoms with Crippen LogP contribution in [0.4, 0.5) is 0 Å². The lowest BCUT2D eigenvalue weighted by Crippen LogP contribution is -2.36. The highest BCUT2D eigenvalue weighted by Crippen LogP contribution is 2.23. The van der Waals surface area contributed by atoms with Gasteiger partial charge in [0.2, 0.25) is 0 Å². The Morgan fingerprint density at radius 3 is 2.86 bits per heavy atom. The molecule has 0 aliphatic carbocycles. The summed E-state index contributed by atoms with van der Waals surface area (Å²) in [7, 11) is 0. The molecule has 0 saturated heterocycles. The normalized spacial score (nSPS) is 13.1. The third-order valence-electron chi connectivity index (χ3n) is 1.75. The second kappa shape index (κ2) is 5.83. The molecular weight excluding hydrogens is 178 g/mol. The van der Waals surface area contributed by atoms with Crippen LogP contribution < -0.4 is 0 Å². The van der Waals surface area contributed by atoms with E-state index < -0.39 is 11.5 Å². The molecule has 3 nitrogen and oxygen atoms in total. The molecule has 0 saturated carbocycles. The van der Waals surface area contributed by atoms with Crippen molar-refractivity contribution in [3.05, 3.63) is 24.1 Å². The third-order valence-corrected chi connectivity index (χ3v) is 1.75. The molecule has 0 aromatic rings. The molecule has 14 heavy (non-hydrogen) atoms. The summed E-state index contributed by atoms with van der Waals surface area (Å²) in [5, 5.41) is 0. The van der Waals surface area contributed by atoms with Gasteiger partial charge in [0.15, 0.2) is 0 Å². The standard InChI is InChI=1S/C11H13NO2/c1-5-8-11(12-4,9-6-2)10(13)14-7-3/h1,6H,2,7-9H2,3H3. The number of carbonyl (C=O) groups excluding carboxylic acids is 1. The Labute approximate surface area is 84.6 Å². The first-order valence-electron chi connectivity index (χ1n) is 4.27. The molecular formula is C11H13NO2. The number of esters is 1. The highest BCUT2D eigenvalue weighted by atomic mass is 16.5. The largest absolute Gasteiger partial charge is 0.460 e. The molecule has 0 heterocycles. The Kier molecular flexibility index (Phi) is 5.10. The Balaban J connectivity index is 4.85. The second-order valence-electron chi connectivity index (χ2n) is 2.74. The fourth-order valence-electron chi connectivity index (χ4n) is 1.03. The fraction of sp³-hybridized carbons (Fsp3) is 0.455. The Morgan fingerprint density at radius 2 is 2.50 bits per heavy atom. The van der Waals surface area contributed by atoms with E-state index in [9.17, 15) is 4.79 Å². The van der Waals surface area contributed by atoms with Crippen LogP contribution in [0.1, 0.15) is 19.8 Å². The summed E-state index contributed by atoms with van der Waals surface area (Å²) in [5.74, 6) is 1.76. The van der Waals surface area contributed by atoms with Gasteiger partial charge in [-0.3, -0.25) is 4.85 Å². The van der Waals surface area contributed by atoms with Crippen molar-refractivity contribution in [2.75, 3.05) is 6.61 Å². The maximum absolute atomic E-state index is 11.5. The number of hydrogen-bond acceptors (Lipinski definition) is 2. The highest BCUT2D eigenvalue weighted by molar-refractivity contribution is 5.83. The minimum atomic E-state index is -1.27. The van der Waals surface area contributed by atoms with Gasteiger partial charge < -0.3 is 4.74 Å². The molecule has 0 fully saturated rings. The molecule has 0 N–H and O–H groups in total. The van der Waals surface area contributed by atoms with Crippen molar-refractivity contribution < 1.29 is 9.53 Å². The molecule has 74 valence electrons. The minimum Gasteiger partial charge on any atom is -0.460 e. The van der Waals surface area contributed by atoms with Crippen molar-refractivity contribution in [3.63, 3.8) is 0 Å². The number of nitrogens with zero attached hydrogens (tertiary/aromatic N) is 1. The molecule has 0 spiro atoms. The number of carbonyl (C=O) groups is 1. The van der Waals surface area contributed by atoms with E-state index in [0.29, 0.717) is 0 Å². The Bertz CT molecular complexity index is 295. The molecule has 0 rings (SSSR count). The topological polar surface area (TPSA) is 30.7 Å². The Hall–Kier alpha value is -1.74. The van der Waals surface area contributed by atoms with Crippen molar-refractivity contribution in [1.29, 1.82) is 0 Å². The molecule has 0 radical (unpaired) electrons. The second-order valence-corrected chi connectivity index (χ2v) is 2.74. The maximum Gasteiger partial charge on any atom is 0.394 e. The van der Waals surface area contributed by atoms with Gasteiger partial charge in [-0.25, -0.2) is 11.4 Å². The maximum atomic E-state index is 11.5. The van der Waals surface area contributed by atoms with E-state index in [1.54, 1.807) is 6.92 Å². The van der Waals surface area contributed by atoms with Crippen LogP contribution in [0.5, 0.6) is 0 Å². The van der Waals surface area contributed by atoms with Crippen LogP contribution in [0.15, 0.2) is 12.7 Å². The van der Waals surface area contributed by atoms with Gasteiger partial charge in [0.05, 0.1) is 19.4 Å².